The molecule has 15 heavy (non-hydrogen) atoms. The molecule has 0 radical (unpaired) electrons. The fraction of sp³-hybridized carbons (Fsp3) is 0.833. The monoisotopic (exact) mass is 208 g/mol. The first-order chi connectivity index (χ1) is 6.88. The SMILES string of the molecule is CC1CCN(C(=O)C(C)(C)C#N)CC1C. The zero-order valence-corrected chi connectivity index (χ0v) is 10.1. The molecule has 1 heterocycles. The molecular formula is C12H20N2O. The number of amides is 1. The number of hydrogen-bond acceptors (Lipinski definition) is 2. The van der Waals surface area contributed by atoms with E-state index in [0.29, 0.717) is 11.8 Å². The summed E-state index contributed by atoms with van der Waals surface area (Å²) in [6, 6.07) is 2.07. The van der Waals surface area contributed by atoms with Gasteiger partial charge in [0.05, 0.1) is 6.07 Å². The molecule has 0 saturated carbocycles. The molecule has 2 unspecified atom stereocenters. The van der Waals surface area contributed by atoms with Gasteiger partial charge in [-0.1, -0.05) is 13.8 Å². The lowest BCUT2D eigenvalue weighted by molar-refractivity contribution is -0.140. The standard InChI is InChI=1S/C12H20N2O/c1-9-5-6-14(7-10(9)2)11(15)12(3,4)8-13/h9-10H,5-7H2,1-4H3. The molecule has 3 nitrogen and oxygen atoms in total. The van der Waals surface area contributed by atoms with E-state index in [2.05, 4.69) is 19.9 Å². The predicted octanol–water partition coefficient (Wildman–Crippen LogP) is 2.04. The van der Waals surface area contributed by atoms with E-state index in [4.69, 9.17) is 5.26 Å². The molecule has 0 aromatic carbocycles. The number of nitriles is 1. The molecule has 1 fully saturated rings. The van der Waals surface area contributed by atoms with E-state index in [1.807, 2.05) is 4.90 Å². The van der Waals surface area contributed by atoms with Crippen LogP contribution >= 0.6 is 0 Å². The highest BCUT2D eigenvalue weighted by Crippen LogP contribution is 2.26. The number of likely N-dealkylation sites (tertiary alicyclic amines) is 1. The number of rotatable bonds is 1. The van der Waals surface area contributed by atoms with Gasteiger partial charge in [0, 0.05) is 13.1 Å². The van der Waals surface area contributed by atoms with Crippen LogP contribution in [0.1, 0.15) is 34.1 Å². The van der Waals surface area contributed by atoms with Crippen LogP contribution in [0.25, 0.3) is 0 Å². The van der Waals surface area contributed by atoms with Crippen LogP contribution in [0.3, 0.4) is 0 Å². The van der Waals surface area contributed by atoms with Crippen molar-refractivity contribution in [2.45, 2.75) is 34.1 Å². The molecule has 2 atom stereocenters. The number of piperidine rings is 1. The lowest BCUT2D eigenvalue weighted by Gasteiger charge is -2.37. The second-order valence-corrected chi connectivity index (χ2v) is 5.23. The largest absolute Gasteiger partial charge is 0.341 e. The summed E-state index contributed by atoms with van der Waals surface area (Å²) in [4.78, 5) is 13.8. The van der Waals surface area contributed by atoms with Crippen LogP contribution in [-0.4, -0.2) is 23.9 Å². The lowest BCUT2D eigenvalue weighted by atomic mass is 9.86. The number of carbonyl (C=O) groups is 1. The molecule has 84 valence electrons. The maximum atomic E-state index is 12.0. The number of hydrogen-bond donors (Lipinski definition) is 0. The third kappa shape index (κ3) is 2.50. The van der Waals surface area contributed by atoms with Crippen LogP contribution in [0, 0.1) is 28.6 Å². The highest BCUT2D eigenvalue weighted by Gasteiger charge is 2.35. The van der Waals surface area contributed by atoms with Gasteiger partial charge in [-0.15, -0.1) is 0 Å². The van der Waals surface area contributed by atoms with Crippen molar-refractivity contribution >= 4 is 5.91 Å². The minimum Gasteiger partial charge on any atom is -0.341 e. The van der Waals surface area contributed by atoms with Gasteiger partial charge in [-0.3, -0.25) is 4.79 Å². The van der Waals surface area contributed by atoms with Crippen molar-refractivity contribution in [1.29, 1.82) is 5.26 Å². The van der Waals surface area contributed by atoms with E-state index >= 15 is 0 Å². The van der Waals surface area contributed by atoms with Crippen LogP contribution < -0.4 is 0 Å². The van der Waals surface area contributed by atoms with Crippen molar-refractivity contribution in [2.75, 3.05) is 13.1 Å². The van der Waals surface area contributed by atoms with Crippen molar-refractivity contribution in [3.63, 3.8) is 0 Å². The van der Waals surface area contributed by atoms with Crippen molar-refractivity contribution in [2.24, 2.45) is 17.3 Å². The van der Waals surface area contributed by atoms with Gasteiger partial charge in [-0.2, -0.15) is 5.26 Å². The van der Waals surface area contributed by atoms with E-state index in [1.54, 1.807) is 13.8 Å². The van der Waals surface area contributed by atoms with Crippen LogP contribution in [0.5, 0.6) is 0 Å². The van der Waals surface area contributed by atoms with Crippen molar-refractivity contribution < 1.29 is 4.79 Å². The van der Waals surface area contributed by atoms with Crippen molar-refractivity contribution in [3.8, 4) is 6.07 Å². The topological polar surface area (TPSA) is 44.1 Å². The summed E-state index contributed by atoms with van der Waals surface area (Å²) in [5.41, 5.74) is -0.875. The molecule has 0 aliphatic carbocycles. The van der Waals surface area contributed by atoms with Gasteiger partial charge in [0.2, 0.25) is 5.91 Å². The molecule has 1 aliphatic rings. The maximum absolute atomic E-state index is 12.0. The third-order valence-electron chi connectivity index (χ3n) is 3.44. The molecule has 0 bridgehead atoms. The highest BCUT2D eigenvalue weighted by atomic mass is 16.2. The minimum absolute atomic E-state index is 0.0243. The average Bonchev–Trinajstić information content (AvgIpc) is 2.21. The summed E-state index contributed by atoms with van der Waals surface area (Å²) in [5, 5.41) is 8.92. The Balaban J connectivity index is 2.68. The molecule has 0 N–H and O–H groups in total. The smallest absolute Gasteiger partial charge is 0.242 e. The Morgan fingerprint density at radius 1 is 1.40 bits per heavy atom. The second kappa shape index (κ2) is 4.22. The Labute approximate surface area is 92.1 Å². The fourth-order valence-corrected chi connectivity index (χ4v) is 1.89. The summed E-state index contributed by atoms with van der Waals surface area (Å²) in [6.07, 6.45) is 1.05. The van der Waals surface area contributed by atoms with E-state index in [9.17, 15) is 4.79 Å². The first-order valence-electron chi connectivity index (χ1n) is 5.59. The summed E-state index contributed by atoms with van der Waals surface area (Å²) < 4.78 is 0. The average molecular weight is 208 g/mol. The Bertz CT molecular complexity index is 290. The van der Waals surface area contributed by atoms with Gasteiger partial charge >= 0.3 is 0 Å². The zero-order valence-electron chi connectivity index (χ0n) is 10.1. The van der Waals surface area contributed by atoms with E-state index in [-0.39, 0.29) is 5.91 Å². The minimum atomic E-state index is -0.875. The van der Waals surface area contributed by atoms with Gasteiger partial charge < -0.3 is 4.90 Å². The van der Waals surface area contributed by atoms with E-state index < -0.39 is 5.41 Å². The molecule has 0 aromatic heterocycles. The fourth-order valence-electron chi connectivity index (χ4n) is 1.89. The van der Waals surface area contributed by atoms with Crippen LogP contribution in [0.15, 0.2) is 0 Å². The first kappa shape index (κ1) is 12.0. The molecule has 1 aliphatic heterocycles. The summed E-state index contributed by atoms with van der Waals surface area (Å²) in [5.74, 6) is 1.19. The first-order valence-corrected chi connectivity index (χ1v) is 5.59. The lowest BCUT2D eigenvalue weighted by Crippen LogP contribution is -2.47. The summed E-state index contributed by atoms with van der Waals surface area (Å²) in [7, 11) is 0. The third-order valence-corrected chi connectivity index (χ3v) is 3.44. The molecule has 0 spiro atoms. The van der Waals surface area contributed by atoms with E-state index in [1.165, 1.54) is 0 Å². The van der Waals surface area contributed by atoms with Gasteiger partial charge in [-0.25, -0.2) is 0 Å². The molecule has 3 heteroatoms. The molecule has 0 aromatic rings. The summed E-state index contributed by atoms with van der Waals surface area (Å²) in [6.45, 7) is 9.38. The molecule has 1 rings (SSSR count). The molecular weight excluding hydrogens is 188 g/mol. The van der Waals surface area contributed by atoms with Gasteiger partial charge in [0.15, 0.2) is 0 Å². The normalized spacial score (nSPS) is 27.3. The van der Waals surface area contributed by atoms with Gasteiger partial charge in [0.25, 0.3) is 0 Å². The van der Waals surface area contributed by atoms with Crippen molar-refractivity contribution in [1.82, 2.24) is 4.90 Å². The molecule has 1 amide bonds. The van der Waals surface area contributed by atoms with E-state index in [0.717, 1.165) is 19.5 Å². The zero-order chi connectivity index (χ0) is 11.6. The Kier molecular flexibility index (Phi) is 3.38. The quantitative estimate of drug-likeness (QED) is 0.662. The Morgan fingerprint density at radius 3 is 2.47 bits per heavy atom. The number of nitrogens with zero attached hydrogens (tertiary/aromatic N) is 2. The highest BCUT2D eigenvalue weighted by molar-refractivity contribution is 5.84. The van der Waals surface area contributed by atoms with Crippen LogP contribution in [0.2, 0.25) is 0 Å². The van der Waals surface area contributed by atoms with Crippen LogP contribution in [-0.2, 0) is 4.79 Å². The van der Waals surface area contributed by atoms with Crippen molar-refractivity contribution in [3.05, 3.63) is 0 Å². The Morgan fingerprint density at radius 2 is 2.00 bits per heavy atom. The van der Waals surface area contributed by atoms with Gasteiger partial charge in [0.1, 0.15) is 5.41 Å². The predicted molar refractivity (Wildman–Crippen MR) is 58.9 cm³/mol. The van der Waals surface area contributed by atoms with Crippen LogP contribution in [0.4, 0.5) is 0 Å². The summed E-state index contributed by atoms with van der Waals surface area (Å²) >= 11 is 0. The Hall–Kier alpha value is -1.04. The van der Waals surface area contributed by atoms with Gasteiger partial charge in [-0.05, 0) is 32.1 Å². The number of carbonyl (C=O) groups excluding carboxylic acids is 1. The second-order valence-electron chi connectivity index (χ2n) is 5.23. The maximum Gasteiger partial charge on any atom is 0.242 e. The molecule has 1 saturated heterocycles.